The summed E-state index contributed by atoms with van der Waals surface area (Å²) >= 11 is 0.966. The number of aromatic carboxylic acids is 1. The Hall–Kier alpha value is -3.52. The van der Waals surface area contributed by atoms with Gasteiger partial charge in [0.2, 0.25) is 11.8 Å². The van der Waals surface area contributed by atoms with Crippen LogP contribution in [0.1, 0.15) is 26.5 Å². The fraction of sp³-hybridized carbons (Fsp3) is 0.0952. The molecular formula is C21H13FN2O4S. The molecule has 2 amide bonds. The van der Waals surface area contributed by atoms with Gasteiger partial charge in [-0.25, -0.2) is 9.18 Å². The largest absolute Gasteiger partial charge is 0.477 e. The molecule has 1 spiro atoms. The second-order valence-electron chi connectivity index (χ2n) is 6.96. The van der Waals surface area contributed by atoms with Gasteiger partial charge in [0.05, 0.1) is 17.0 Å². The number of thiophene rings is 1. The predicted molar refractivity (Wildman–Crippen MR) is 106 cm³/mol. The quantitative estimate of drug-likeness (QED) is 0.601. The number of hydrogen-bond acceptors (Lipinski definition) is 4. The van der Waals surface area contributed by atoms with E-state index in [4.69, 9.17) is 0 Å². The van der Waals surface area contributed by atoms with Crippen molar-refractivity contribution in [2.24, 2.45) is 0 Å². The number of rotatable bonds is 2. The fourth-order valence-electron chi connectivity index (χ4n) is 4.13. The zero-order valence-corrected chi connectivity index (χ0v) is 15.6. The molecule has 8 heteroatoms. The van der Waals surface area contributed by atoms with E-state index in [1.54, 1.807) is 30.3 Å². The van der Waals surface area contributed by atoms with Gasteiger partial charge in [-0.15, -0.1) is 11.3 Å². The normalized spacial score (nSPS) is 19.5. The maximum Gasteiger partial charge on any atom is 0.346 e. The SMILES string of the molecule is O=C1C[C@@]2(C(=O)Nc3cc(F)ccc32)c2sc(C(=O)O)c(-c3ccccc3)c2N1. The molecule has 3 N–H and O–H groups in total. The van der Waals surface area contributed by atoms with E-state index < -0.39 is 29.0 Å². The number of nitrogens with one attached hydrogen (secondary N) is 2. The van der Waals surface area contributed by atoms with Crippen LogP contribution in [-0.4, -0.2) is 22.9 Å². The predicted octanol–water partition coefficient (Wildman–Crippen LogP) is 3.83. The second kappa shape index (κ2) is 5.99. The van der Waals surface area contributed by atoms with Gasteiger partial charge in [-0.3, -0.25) is 9.59 Å². The highest BCUT2D eigenvalue weighted by molar-refractivity contribution is 7.15. The summed E-state index contributed by atoms with van der Waals surface area (Å²) in [6.45, 7) is 0. The van der Waals surface area contributed by atoms with E-state index in [0.717, 1.165) is 11.3 Å². The Morgan fingerprint density at radius 3 is 2.59 bits per heavy atom. The highest BCUT2D eigenvalue weighted by atomic mass is 32.1. The molecule has 0 aliphatic carbocycles. The highest BCUT2D eigenvalue weighted by Crippen LogP contribution is 2.56. The van der Waals surface area contributed by atoms with Crippen LogP contribution in [0.2, 0.25) is 0 Å². The molecule has 2 aromatic carbocycles. The summed E-state index contributed by atoms with van der Waals surface area (Å²) in [5, 5.41) is 15.2. The summed E-state index contributed by atoms with van der Waals surface area (Å²) in [4.78, 5) is 38.3. The lowest BCUT2D eigenvalue weighted by Gasteiger charge is -2.31. The first-order valence-corrected chi connectivity index (χ1v) is 9.61. The molecule has 0 saturated carbocycles. The maximum absolute atomic E-state index is 13.7. The number of carbonyl (C=O) groups is 3. The van der Waals surface area contributed by atoms with Crippen molar-refractivity contribution in [1.29, 1.82) is 0 Å². The Balaban J connectivity index is 1.85. The molecule has 2 aliphatic rings. The molecule has 0 radical (unpaired) electrons. The third-order valence-electron chi connectivity index (χ3n) is 5.32. The van der Waals surface area contributed by atoms with Crippen LogP contribution in [0.4, 0.5) is 15.8 Å². The first kappa shape index (κ1) is 17.6. The van der Waals surface area contributed by atoms with Crippen LogP contribution in [0.15, 0.2) is 48.5 Å². The lowest BCUT2D eigenvalue weighted by molar-refractivity contribution is -0.125. The molecule has 144 valence electrons. The van der Waals surface area contributed by atoms with Crippen LogP contribution in [0, 0.1) is 5.82 Å². The van der Waals surface area contributed by atoms with Crippen LogP contribution >= 0.6 is 11.3 Å². The number of hydrogen-bond donors (Lipinski definition) is 3. The van der Waals surface area contributed by atoms with Gasteiger partial charge in [0.25, 0.3) is 0 Å². The van der Waals surface area contributed by atoms with Gasteiger partial charge >= 0.3 is 5.97 Å². The Bertz CT molecular complexity index is 1220. The first-order valence-electron chi connectivity index (χ1n) is 8.79. The summed E-state index contributed by atoms with van der Waals surface area (Å²) in [5.41, 5.74) is 0.691. The molecular weight excluding hydrogens is 395 g/mol. The average molecular weight is 408 g/mol. The van der Waals surface area contributed by atoms with E-state index >= 15 is 0 Å². The summed E-state index contributed by atoms with van der Waals surface area (Å²) in [6.07, 6.45) is -0.182. The molecule has 0 unspecified atom stereocenters. The van der Waals surface area contributed by atoms with Crippen molar-refractivity contribution in [3.8, 4) is 11.1 Å². The van der Waals surface area contributed by atoms with Crippen LogP contribution in [-0.2, 0) is 15.0 Å². The molecule has 3 heterocycles. The molecule has 2 aliphatic heterocycles. The van der Waals surface area contributed by atoms with Gasteiger partial charge in [-0.05, 0) is 23.3 Å². The van der Waals surface area contributed by atoms with Crippen LogP contribution in [0.25, 0.3) is 11.1 Å². The number of halogens is 1. The Morgan fingerprint density at radius 2 is 1.86 bits per heavy atom. The molecule has 5 rings (SSSR count). The van der Waals surface area contributed by atoms with E-state index in [0.29, 0.717) is 32.9 Å². The Kier molecular flexibility index (Phi) is 3.63. The molecule has 0 bridgehead atoms. The number of carbonyl (C=O) groups excluding carboxylic acids is 2. The van der Waals surface area contributed by atoms with Crippen molar-refractivity contribution < 1.29 is 23.9 Å². The van der Waals surface area contributed by atoms with Crippen LogP contribution in [0.3, 0.4) is 0 Å². The molecule has 29 heavy (non-hydrogen) atoms. The number of amides is 2. The van der Waals surface area contributed by atoms with Gasteiger partial charge in [0, 0.05) is 11.3 Å². The number of anilines is 2. The van der Waals surface area contributed by atoms with Crippen molar-refractivity contribution in [3.63, 3.8) is 0 Å². The summed E-state index contributed by atoms with van der Waals surface area (Å²) in [5.74, 6) is -2.53. The third-order valence-corrected chi connectivity index (χ3v) is 6.66. The monoisotopic (exact) mass is 408 g/mol. The smallest absolute Gasteiger partial charge is 0.346 e. The topological polar surface area (TPSA) is 95.5 Å². The van der Waals surface area contributed by atoms with Gasteiger partial charge in [0.15, 0.2) is 0 Å². The maximum atomic E-state index is 13.7. The van der Waals surface area contributed by atoms with Crippen LogP contribution in [0.5, 0.6) is 0 Å². The molecule has 0 saturated heterocycles. The fourth-order valence-corrected chi connectivity index (χ4v) is 5.45. The minimum absolute atomic E-state index is 0.0335. The summed E-state index contributed by atoms with van der Waals surface area (Å²) < 4.78 is 13.7. The molecule has 1 aromatic heterocycles. The van der Waals surface area contributed by atoms with E-state index in [1.807, 2.05) is 0 Å². The Labute approximate surface area is 168 Å². The van der Waals surface area contributed by atoms with Crippen LogP contribution < -0.4 is 10.6 Å². The molecule has 6 nitrogen and oxygen atoms in total. The molecule has 0 fully saturated rings. The van der Waals surface area contributed by atoms with Gasteiger partial charge in [0.1, 0.15) is 16.1 Å². The number of carboxylic acids is 1. The highest BCUT2D eigenvalue weighted by Gasteiger charge is 2.55. The zero-order chi connectivity index (χ0) is 20.3. The van der Waals surface area contributed by atoms with Crippen molar-refractivity contribution >= 4 is 40.5 Å². The van der Waals surface area contributed by atoms with E-state index in [2.05, 4.69) is 10.6 Å². The number of carboxylic acid groups (broad SMARTS) is 1. The lowest BCUT2D eigenvalue weighted by Crippen LogP contribution is -2.42. The van der Waals surface area contributed by atoms with Gasteiger partial charge in [-0.2, -0.15) is 0 Å². The van der Waals surface area contributed by atoms with Crippen molar-refractivity contribution in [2.45, 2.75) is 11.8 Å². The minimum Gasteiger partial charge on any atom is -0.477 e. The summed E-state index contributed by atoms with van der Waals surface area (Å²) in [7, 11) is 0. The van der Waals surface area contributed by atoms with Crippen molar-refractivity contribution in [3.05, 3.63) is 69.7 Å². The van der Waals surface area contributed by atoms with E-state index in [-0.39, 0.29) is 11.3 Å². The summed E-state index contributed by atoms with van der Waals surface area (Å²) in [6, 6.07) is 12.8. The van der Waals surface area contributed by atoms with Gasteiger partial charge in [-0.1, -0.05) is 36.4 Å². The standard InChI is InChI=1S/C21H13FN2O4S/c22-11-6-7-12-13(8-11)23-20(28)21(12)9-14(25)24-16-15(10-4-2-1-3-5-10)17(19(26)27)29-18(16)21/h1-8H,9H2,(H,23,28)(H,24,25)(H,26,27)/t21-/m0/s1. The molecule has 3 aromatic rings. The Morgan fingerprint density at radius 1 is 1.10 bits per heavy atom. The number of fused-ring (bicyclic) bond motifs is 4. The average Bonchev–Trinajstić information content (AvgIpc) is 3.19. The minimum atomic E-state index is -1.39. The van der Waals surface area contributed by atoms with E-state index in [9.17, 15) is 23.9 Å². The lowest BCUT2D eigenvalue weighted by atomic mass is 9.74. The molecule has 1 atom stereocenters. The zero-order valence-electron chi connectivity index (χ0n) is 14.8. The van der Waals surface area contributed by atoms with Crippen molar-refractivity contribution in [2.75, 3.05) is 10.6 Å². The second-order valence-corrected chi connectivity index (χ2v) is 7.98. The first-order chi connectivity index (χ1) is 13.9. The van der Waals surface area contributed by atoms with Gasteiger partial charge < -0.3 is 15.7 Å². The van der Waals surface area contributed by atoms with Crippen molar-refractivity contribution in [1.82, 2.24) is 0 Å². The third kappa shape index (κ3) is 2.35. The number of benzene rings is 2. The van der Waals surface area contributed by atoms with E-state index in [1.165, 1.54) is 18.2 Å².